The van der Waals surface area contributed by atoms with Crippen LogP contribution in [0.4, 0.5) is 5.82 Å². The molecule has 1 aromatic carbocycles. The van der Waals surface area contributed by atoms with E-state index in [1.54, 1.807) is 6.33 Å². The Morgan fingerprint density at radius 3 is 2.86 bits per heavy atom. The molecule has 6 nitrogen and oxygen atoms in total. The highest BCUT2D eigenvalue weighted by Gasteiger charge is 2.15. The summed E-state index contributed by atoms with van der Waals surface area (Å²) in [5.74, 6) is 1.11. The average molecular weight is 276 g/mol. The van der Waals surface area contributed by atoms with Crippen LogP contribution in [0.3, 0.4) is 0 Å². The Balaban J connectivity index is 1.76. The Morgan fingerprint density at radius 1 is 1.00 bits per heavy atom. The van der Waals surface area contributed by atoms with Gasteiger partial charge in [-0.05, 0) is 12.1 Å². The molecule has 0 aliphatic carbocycles. The highest BCUT2D eigenvalue weighted by Crippen LogP contribution is 2.22. The molecule has 0 saturated carbocycles. The second kappa shape index (κ2) is 4.52. The first-order valence-electron chi connectivity index (χ1n) is 6.57. The predicted octanol–water partition coefficient (Wildman–Crippen LogP) is 1.96. The van der Waals surface area contributed by atoms with Gasteiger partial charge in [-0.1, -0.05) is 24.3 Å². The summed E-state index contributed by atoms with van der Waals surface area (Å²) in [6.45, 7) is 0.577. The summed E-state index contributed by atoms with van der Waals surface area (Å²) in [5.41, 5.74) is 8.33. The van der Waals surface area contributed by atoms with Crippen molar-refractivity contribution in [3.63, 3.8) is 0 Å². The molecule has 0 saturated heterocycles. The Kier molecular flexibility index (Phi) is 2.53. The first kappa shape index (κ1) is 11.8. The lowest BCUT2D eigenvalue weighted by Crippen LogP contribution is -2.10. The molecule has 102 valence electrons. The summed E-state index contributed by atoms with van der Waals surface area (Å²) in [7, 11) is 0. The highest BCUT2D eigenvalue weighted by atomic mass is 15.1. The van der Waals surface area contributed by atoms with Crippen LogP contribution in [0.15, 0.2) is 49.1 Å². The number of nitrogens with zero attached hydrogens (tertiary/aromatic N) is 5. The molecule has 0 bridgehead atoms. The second-order valence-electron chi connectivity index (χ2n) is 4.80. The summed E-state index contributed by atoms with van der Waals surface area (Å²) in [6.07, 6.45) is 3.16. The van der Waals surface area contributed by atoms with Gasteiger partial charge in [0.05, 0.1) is 24.1 Å². The number of para-hydroxylation sites is 1. The van der Waals surface area contributed by atoms with E-state index in [4.69, 9.17) is 5.73 Å². The fourth-order valence-corrected chi connectivity index (χ4v) is 2.39. The fraction of sp³-hybridized carbons (Fsp3) is 0.0667. The van der Waals surface area contributed by atoms with Crippen molar-refractivity contribution >= 4 is 16.7 Å². The van der Waals surface area contributed by atoms with Crippen molar-refractivity contribution in [2.45, 2.75) is 6.54 Å². The standard InChI is InChI=1S/C15H12N6/c16-14-13-15(18-8-17-13)21(9-19-14)7-11-6-5-10-3-1-2-4-12(10)20-11/h1-6,8-9H,7,16H2. The number of fused-ring (bicyclic) bond motifs is 2. The Morgan fingerprint density at radius 2 is 1.90 bits per heavy atom. The molecule has 2 N–H and O–H groups in total. The zero-order chi connectivity index (χ0) is 14.2. The van der Waals surface area contributed by atoms with Gasteiger partial charge < -0.3 is 10.3 Å². The maximum Gasteiger partial charge on any atom is 0.165 e. The van der Waals surface area contributed by atoms with Crippen LogP contribution in [-0.4, -0.2) is 24.5 Å². The van der Waals surface area contributed by atoms with E-state index >= 15 is 0 Å². The number of imidazole rings is 1. The average Bonchev–Trinajstić information content (AvgIpc) is 3.01. The van der Waals surface area contributed by atoms with Gasteiger partial charge in [0.1, 0.15) is 12.0 Å². The van der Waals surface area contributed by atoms with Gasteiger partial charge in [0, 0.05) is 5.39 Å². The molecule has 2 aliphatic rings. The van der Waals surface area contributed by atoms with E-state index in [1.807, 2.05) is 34.9 Å². The van der Waals surface area contributed by atoms with E-state index in [0.717, 1.165) is 22.4 Å². The van der Waals surface area contributed by atoms with Gasteiger partial charge in [-0.15, -0.1) is 0 Å². The summed E-state index contributed by atoms with van der Waals surface area (Å²) >= 11 is 0. The number of aromatic nitrogens is 5. The zero-order valence-corrected chi connectivity index (χ0v) is 11.1. The van der Waals surface area contributed by atoms with E-state index in [0.29, 0.717) is 18.1 Å². The highest BCUT2D eigenvalue weighted by molar-refractivity contribution is 5.78. The SMILES string of the molecule is Nc1ncn(Cc2ccc3ccccc3n2)c2ncnc1-2. The number of anilines is 1. The molecular formula is C15H12N6. The zero-order valence-electron chi connectivity index (χ0n) is 11.1. The van der Waals surface area contributed by atoms with Crippen molar-refractivity contribution in [1.29, 1.82) is 0 Å². The molecule has 3 heterocycles. The van der Waals surface area contributed by atoms with Gasteiger partial charge in [-0.3, -0.25) is 4.98 Å². The normalized spacial score (nSPS) is 11.2. The van der Waals surface area contributed by atoms with Crippen LogP contribution in [0, 0.1) is 0 Å². The first-order chi connectivity index (χ1) is 10.3. The summed E-state index contributed by atoms with van der Waals surface area (Å²) in [5, 5.41) is 1.12. The van der Waals surface area contributed by atoms with Gasteiger partial charge >= 0.3 is 0 Å². The van der Waals surface area contributed by atoms with Crippen LogP contribution in [-0.2, 0) is 6.54 Å². The molecule has 2 aromatic rings. The summed E-state index contributed by atoms with van der Waals surface area (Å²) < 4.78 is 1.90. The number of pyridine rings is 1. The lowest BCUT2D eigenvalue weighted by atomic mass is 10.2. The van der Waals surface area contributed by atoms with Gasteiger partial charge in [-0.2, -0.15) is 0 Å². The predicted molar refractivity (Wildman–Crippen MR) is 79.7 cm³/mol. The maximum atomic E-state index is 5.79. The third kappa shape index (κ3) is 1.97. The van der Waals surface area contributed by atoms with Crippen molar-refractivity contribution in [3.8, 4) is 11.5 Å². The third-order valence-corrected chi connectivity index (χ3v) is 3.42. The molecule has 21 heavy (non-hydrogen) atoms. The van der Waals surface area contributed by atoms with E-state index in [9.17, 15) is 0 Å². The molecule has 1 aromatic heterocycles. The Hall–Kier alpha value is -3.02. The van der Waals surface area contributed by atoms with Gasteiger partial charge in [0.25, 0.3) is 0 Å². The van der Waals surface area contributed by atoms with E-state index < -0.39 is 0 Å². The second-order valence-corrected chi connectivity index (χ2v) is 4.80. The summed E-state index contributed by atoms with van der Waals surface area (Å²) in [6, 6.07) is 12.1. The van der Waals surface area contributed by atoms with Crippen LogP contribution in [0.2, 0.25) is 0 Å². The quantitative estimate of drug-likeness (QED) is 0.605. The lowest BCUT2D eigenvalue weighted by molar-refractivity contribution is 0.746. The minimum atomic E-state index is 0.394. The van der Waals surface area contributed by atoms with E-state index in [2.05, 4.69) is 26.0 Å². The Labute approximate surface area is 120 Å². The lowest BCUT2D eigenvalue weighted by Gasteiger charge is -2.11. The third-order valence-electron chi connectivity index (χ3n) is 3.42. The van der Waals surface area contributed by atoms with Crippen LogP contribution in [0.1, 0.15) is 5.69 Å². The minimum Gasteiger partial charge on any atom is -0.382 e. The molecule has 2 aliphatic heterocycles. The molecule has 0 amide bonds. The first-order valence-corrected chi connectivity index (χ1v) is 6.57. The van der Waals surface area contributed by atoms with Gasteiger partial charge in [0.15, 0.2) is 11.6 Å². The van der Waals surface area contributed by atoms with Crippen molar-refractivity contribution < 1.29 is 0 Å². The van der Waals surface area contributed by atoms with E-state index in [-0.39, 0.29) is 0 Å². The fourth-order valence-electron chi connectivity index (χ4n) is 2.39. The number of hydrogen-bond acceptors (Lipinski definition) is 5. The smallest absolute Gasteiger partial charge is 0.165 e. The molecule has 0 unspecified atom stereocenters. The van der Waals surface area contributed by atoms with Crippen molar-refractivity contribution in [2.24, 2.45) is 0 Å². The number of hydrogen-bond donors (Lipinski definition) is 1. The van der Waals surface area contributed by atoms with Crippen LogP contribution >= 0.6 is 0 Å². The van der Waals surface area contributed by atoms with Gasteiger partial charge in [0.2, 0.25) is 0 Å². The summed E-state index contributed by atoms with van der Waals surface area (Å²) in [4.78, 5) is 17.2. The van der Waals surface area contributed by atoms with Crippen molar-refractivity contribution in [1.82, 2.24) is 24.5 Å². The molecular weight excluding hydrogens is 264 g/mol. The number of nitrogens with two attached hydrogens (primary N) is 1. The van der Waals surface area contributed by atoms with E-state index in [1.165, 1.54) is 6.33 Å². The molecule has 0 atom stereocenters. The van der Waals surface area contributed by atoms with Crippen LogP contribution in [0.25, 0.3) is 22.4 Å². The topological polar surface area (TPSA) is 82.5 Å². The van der Waals surface area contributed by atoms with Gasteiger partial charge in [-0.25, -0.2) is 15.0 Å². The van der Waals surface area contributed by atoms with Crippen molar-refractivity contribution in [3.05, 3.63) is 54.7 Å². The largest absolute Gasteiger partial charge is 0.382 e. The van der Waals surface area contributed by atoms with Crippen LogP contribution < -0.4 is 5.73 Å². The van der Waals surface area contributed by atoms with Crippen LogP contribution in [0.5, 0.6) is 0 Å². The molecule has 4 rings (SSSR count). The molecule has 0 radical (unpaired) electrons. The number of rotatable bonds is 2. The number of benzene rings is 1. The molecule has 0 fully saturated rings. The monoisotopic (exact) mass is 276 g/mol. The molecule has 6 heteroatoms. The van der Waals surface area contributed by atoms with Crippen molar-refractivity contribution in [2.75, 3.05) is 5.73 Å². The Bertz CT molecular complexity index is 898. The minimum absolute atomic E-state index is 0.394. The number of nitrogen functional groups attached to an aromatic ring is 1. The maximum absolute atomic E-state index is 5.79. The molecule has 0 spiro atoms.